The van der Waals surface area contributed by atoms with Gasteiger partial charge < -0.3 is 15.3 Å². The molecule has 0 fully saturated rings. The van der Waals surface area contributed by atoms with Gasteiger partial charge in [-0.15, -0.1) is 0 Å². The molecule has 0 radical (unpaired) electrons. The molecule has 2 aromatic rings. The lowest BCUT2D eigenvalue weighted by Gasteiger charge is -2.28. The molecule has 13 nitrogen and oxygen atoms in total. The number of fused-ring (bicyclic) bond motifs is 4. The van der Waals surface area contributed by atoms with Gasteiger partial charge in [0.2, 0.25) is 0 Å². The van der Waals surface area contributed by atoms with E-state index in [-0.39, 0.29) is 70.6 Å². The first-order chi connectivity index (χ1) is 20.4. The molecule has 0 saturated carbocycles. The Kier molecular flexibility index (Phi) is 13.1. The van der Waals surface area contributed by atoms with Gasteiger partial charge in [-0.05, 0) is 30.2 Å². The summed E-state index contributed by atoms with van der Waals surface area (Å²) >= 11 is 0. The van der Waals surface area contributed by atoms with Crippen LogP contribution in [0, 0.1) is 5.92 Å². The van der Waals surface area contributed by atoms with Gasteiger partial charge in [0.05, 0.1) is 49.0 Å². The minimum atomic E-state index is -1.01. The predicted octanol–water partition coefficient (Wildman–Crippen LogP) is 1.27. The summed E-state index contributed by atoms with van der Waals surface area (Å²) in [6.45, 7) is 5.90. The molecule has 2 aromatic heterocycles. The minimum Gasteiger partial charge on any atom is -0.480 e. The molecule has 0 aromatic carbocycles. The summed E-state index contributed by atoms with van der Waals surface area (Å²) in [5, 5.41) is 28.6. The lowest BCUT2D eigenvalue weighted by Crippen LogP contribution is -2.40. The molecule has 13 heteroatoms. The second-order valence-corrected chi connectivity index (χ2v) is 11.4. The highest BCUT2D eigenvalue weighted by Crippen LogP contribution is 2.12. The molecular weight excluding hydrogens is 556 g/mol. The summed E-state index contributed by atoms with van der Waals surface area (Å²) in [4.78, 5) is 64.4. The number of carbonyl (C=O) groups is 4. The zero-order chi connectivity index (χ0) is 31.4. The summed E-state index contributed by atoms with van der Waals surface area (Å²) in [5.74, 6) is -2.69. The van der Waals surface area contributed by atoms with Crippen molar-refractivity contribution in [3.63, 3.8) is 0 Å². The fourth-order valence-corrected chi connectivity index (χ4v) is 5.09. The van der Waals surface area contributed by atoms with E-state index in [4.69, 9.17) is 4.98 Å². The first kappa shape index (κ1) is 33.7. The van der Waals surface area contributed by atoms with E-state index in [1.54, 1.807) is 32.9 Å². The van der Waals surface area contributed by atoms with Crippen LogP contribution >= 0.6 is 0 Å². The Morgan fingerprint density at radius 3 is 1.19 bits per heavy atom. The lowest BCUT2D eigenvalue weighted by atomic mass is 10.1. The molecule has 0 aliphatic carbocycles. The lowest BCUT2D eigenvalue weighted by molar-refractivity contribution is -0.140. The van der Waals surface area contributed by atoms with Gasteiger partial charge in [-0.2, -0.15) is 0 Å². The fourth-order valence-electron chi connectivity index (χ4n) is 5.09. The Morgan fingerprint density at radius 2 is 0.907 bits per heavy atom. The molecule has 43 heavy (non-hydrogen) atoms. The number of nitrogens with zero attached hydrogens (tertiary/aromatic N) is 6. The molecule has 1 aliphatic rings. The quantitative estimate of drug-likeness (QED) is 0.358. The third-order valence-corrected chi connectivity index (χ3v) is 6.85. The summed E-state index contributed by atoms with van der Waals surface area (Å²) < 4.78 is 0. The third kappa shape index (κ3) is 13.0. The van der Waals surface area contributed by atoms with Crippen LogP contribution < -0.4 is 0 Å². The summed E-state index contributed by atoms with van der Waals surface area (Å²) in [6, 6.07) is 10.9. The Hall–Kier alpha value is -3.78. The van der Waals surface area contributed by atoms with Crippen molar-refractivity contribution in [1.29, 1.82) is 0 Å². The number of Topliss-reactive ketones (excluding diaryl/α,β-unsaturated/α-hetero) is 1. The largest absolute Gasteiger partial charge is 0.480 e. The Bertz CT molecular complexity index is 1260. The van der Waals surface area contributed by atoms with Crippen LogP contribution in [0.2, 0.25) is 0 Å². The Labute approximate surface area is 251 Å². The number of aromatic nitrogens is 2. The van der Waals surface area contributed by atoms with Crippen molar-refractivity contribution in [2.75, 3.05) is 52.4 Å². The first-order valence-corrected chi connectivity index (χ1v) is 14.4. The molecule has 0 atom stereocenters. The van der Waals surface area contributed by atoms with Crippen molar-refractivity contribution in [2.45, 2.75) is 46.4 Å². The summed E-state index contributed by atoms with van der Waals surface area (Å²) in [6.07, 6.45) is 0.433. The van der Waals surface area contributed by atoms with Crippen molar-refractivity contribution in [2.24, 2.45) is 5.92 Å². The van der Waals surface area contributed by atoms with Crippen LogP contribution in [0.4, 0.5) is 0 Å². The minimum absolute atomic E-state index is 0.0889. The zero-order valence-electron chi connectivity index (χ0n) is 24.9. The van der Waals surface area contributed by atoms with Gasteiger partial charge in [0.1, 0.15) is 5.78 Å². The highest BCUT2D eigenvalue weighted by Gasteiger charge is 2.20. The molecule has 3 heterocycles. The number of hydrogen-bond donors (Lipinski definition) is 3. The average Bonchev–Trinajstić information content (AvgIpc) is 2.88. The molecule has 0 saturated heterocycles. The zero-order valence-corrected chi connectivity index (χ0v) is 24.9. The van der Waals surface area contributed by atoms with Gasteiger partial charge in [0.25, 0.3) is 0 Å². The summed E-state index contributed by atoms with van der Waals surface area (Å²) in [5.41, 5.74) is 2.62. The van der Waals surface area contributed by atoms with Crippen LogP contribution in [-0.4, -0.2) is 121 Å². The van der Waals surface area contributed by atoms with Gasteiger partial charge >= 0.3 is 17.9 Å². The van der Waals surface area contributed by atoms with Crippen molar-refractivity contribution in [1.82, 2.24) is 29.6 Å². The Morgan fingerprint density at radius 1 is 0.605 bits per heavy atom. The highest BCUT2D eigenvalue weighted by molar-refractivity contribution is 5.80. The van der Waals surface area contributed by atoms with Crippen LogP contribution in [0.1, 0.15) is 43.0 Å². The van der Waals surface area contributed by atoms with Crippen LogP contribution in [0.3, 0.4) is 0 Å². The topological polar surface area (TPSA) is 168 Å². The average molecular weight is 599 g/mol. The van der Waals surface area contributed by atoms with Crippen molar-refractivity contribution in [3.8, 4) is 0 Å². The van der Waals surface area contributed by atoms with Crippen LogP contribution in [0.25, 0.3) is 0 Å². The van der Waals surface area contributed by atoms with E-state index in [0.717, 1.165) is 0 Å². The van der Waals surface area contributed by atoms with Gasteiger partial charge in [0, 0.05) is 58.8 Å². The number of aliphatic carboxylic acids is 3. The number of pyridine rings is 2. The molecule has 0 spiro atoms. The predicted molar refractivity (Wildman–Crippen MR) is 157 cm³/mol. The van der Waals surface area contributed by atoms with E-state index in [0.29, 0.717) is 48.8 Å². The number of ketones is 1. The summed E-state index contributed by atoms with van der Waals surface area (Å²) in [7, 11) is 0. The van der Waals surface area contributed by atoms with Gasteiger partial charge in [-0.1, -0.05) is 26.0 Å². The van der Waals surface area contributed by atoms with E-state index in [1.165, 1.54) is 0 Å². The number of carbonyl (C=O) groups excluding carboxylic acids is 1. The van der Waals surface area contributed by atoms with E-state index >= 15 is 0 Å². The van der Waals surface area contributed by atoms with Crippen molar-refractivity contribution < 1.29 is 34.5 Å². The van der Waals surface area contributed by atoms with Crippen LogP contribution in [0.15, 0.2) is 36.4 Å². The number of carboxylic acids is 3. The molecule has 3 N–H and O–H groups in total. The second-order valence-electron chi connectivity index (χ2n) is 11.4. The third-order valence-electron chi connectivity index (χ3n) is 6.85. The van der Waals surface area contributed by atoms with Crippen LogP contribution in [-0.2, 0) is 45.4 Å². The molecule has 0 unspecified atom stereocenters. The van der Waals surface area contributed by atoms with Crippen molar-refractivity contribution >= 4 is 23.7 Å². The van der Waals surface area contributed by atoms with Crippen molar-refractivity contribution in [3.05, 3.63) is 59.2 Å². The molecule has 0 amide bonds. The number of rotatable bonds is 10. The van der Waals surface area contributed by atoms with Gasteiger partial charge in [-0.3, -0.25) is 48.7 Å². The van der Waals surface area contributed by atoms with E-state index in [9.17, 15) is 34.5 Å². The highest BCUT2D eigenvalue weighted by atomic mass is 16.4. The number of hydrogen-bond acceptors (Lipinski definition) is 10. The molecule has 234 valence electrons. The maximum atomic E-state index is 12.8. The van der Waals surface area contributed by atoms with Crippen LogP contribution in [0.5, 0.6) is 0 Å². The molecular formula is C30H42N6O7. The second kappa shape index (κ2) is 16.8. The maximum absolute atomic E-state index is 12.8. The van der Waals surface area contributed by atoms with E-state index in [1.807, 2.05) is 36.9 Å². The van der Waals surface area contributed by atoms with Gasteiger partial charge in [-0.25, -0.2) is 0 Å². The monoisotopic (exact) mass is 598 g/mol. The Balaban J connectivity index is 1.96. The number of carboxylic acid groups (broad SMARTS) is 3. The fraction of sp³-hybridized carbons (Fsp3) is 0.533. The van der Waals surface area contributed by atoms with E-state index < -0.39 is 17.9 Å². The maximum Gasteiger partial charge on any atom is 0.317 e. The van der Waals surface area contributed by atoms with Gasteiger partial charge in [0.15, 0.2) is 0 Å². The smallest absolute Gasteiger partial charge is 0.317 e. The van der Waals surface area contributed by atoms with E-state index in [2.05, 4.69) is 4.98 Å². The molecule has 4 bridgehead atoms. The first-order valence-electron chi connectivity index (χ1n) is 14.4. The molecule has 1 aliphatic heterocycles. The molecule has 3 rings (SSSR count). The SMILES string of the molecule is CC(C)CC(=O)CN1CCN(CC(=O)O)Cc2cccc(n2)CN(CC(=O)O)CCN(CC(=O)O)Cc2cccc(n2)C1. The standard InChI is InChI=1S/C30H42N6O7/c1-22(2)13-27(37)18-33-9-10-34(19-28(38)39)15-25-7-4-8-26(32-25)17-36(21-30(42)43)12-11-35(20-29(40)41)16-24-6-3-5-23(14-33)31-24/h3-8,22H,9-21H2,1-2H3,(H,38,39)(H,40,41)(H,42,43). The normalized spacial score (nSPS) is 16.8.